The molecule has 0 bridgehead atoms. The number of carbonyl (C=O) groups is 1. The molecule has 2 saturated heterocycles. The third-order valence-corrected chi connectivity index (χ3v) is 5.43. The van der Waals surface area contributed by atoms with Crippen LogP contribution in [0.4, 0.5) is 4.79 Å². The summed E-state index contributed by atoms with van der Waals surface area (Å²) in [6, 6.07) is 1.20. The second-order valence-electron chi connectivity index (χ2n) is 8.54. The van der Waals surface area contributed by atoms with Crippen molar-refractivity contribution in [1.82, 2.24) is 10.2 Å². The molecule has 132 valence electrons. The number of carbonyl (C=O) groups excluding carboxylic acids is 1. The van der Waals surface area contributed by atoms with Gasteiger partial charge in [-0.15, -0.1) is 0 Å². The van der Waals surface area contributed by atoms with Gasteiger partial charge in [0.15, 0.2) is 0 Å². The normalized spacial score (nSPS) is 33.0. The molecule has 1 spiro atoms. The molecule has 23 heavy (non-hydrogen) atoms. The van der Waals surface area contributed by atoms with Crippen LogP contribution >= 0.6 is 0 Å². The molecule has 0 aromatic heterocycles. The van der Waals surface area contributed by atoms with Crippen LogP contribution in [0.1, 0.15) is 59.8 Å². The Labute approximate surface area is 140 Å². The van der Waals surface area contributed by atoms with Crippen molar-refractivity contribution in [2.45, 2.75) is 83.1 Å². The molecule has 1 aliphatic carbocycles. The number of piperidine rings is 1. The average molecular weight is 324 g/mol. The van der Waals surface area contributed by atoms with Crippen molar-refractivity contribution in [3.05, 3.63) is 0 Å². The van der Waals surface area contributed by atoms with E-state index < -0.39 is 5.60 Å². The van der Waals surface area contributed by atoms with Gasteiger partial charge in [0.1, 0.15) is 5.60 Å². The second-order valence-corrected chi connectivity index (χ2v) is 8.54. The van der Waals surface area contributed by atoms with Crippen molar-refractivity contribution in [3.8, 4) is 0 Å². The van der Waals surface area contributed by atoms with Crippen LogP contribution in [0.15, 0.2) is 0 Å². The monoisotopic (exact) mass is 324 g/mol. The van der Waals surface area contributed by atoms with Crippen LogP contribution in [0.5, 0.6) is 0 Å². The van der Waals surface area contributed by atoms with Gasteiger partial charge in [0.05, 0.1) is 12.2 Å². The average Bonchev–Trinajstić information content (AvgIpc) is 3.11. The molecule has 0 radical (unpaired) electrons. The SMILES string of the molecule is CC[C@@H]1C[C@H]1N[C@H]1COC2(CCN(C(=O)OC(C)(C)C)CC2)C1. The lowest BCUT2D eigenvalue weighted by Gasteiger charge is -2.39. The molecule has 3 rings (SSSR count). The summed E-state index contributed by atoms with van der Waals surface area (Å²) < 4.78 is 11.6. The van der Waals surface area contributed by atoms with E-state index in [0.29, 0.717) is 12.1 Å². The van der Waals surface area contributed by atoms with Crippen LogP contribution in [0.2, 0.25) is 0 Å². The molecule has 3 atom stereocenters. The first kappa shape index (κ1) is 17.0. The van der Waals surface area contributed by atoms with E-state index in [1.807, 2.05) is 25.7 Å². The van der Waals surface area contributed by atoms with Crippen molar-refractivity contribution in [3.63, 3.8) is 0 Å². The van der Waals surface area contributed by atoms with E-state index in [-0.39, 0.29) is 11.7 Å². The zero-order valence-electron chi connectivity index (χ0n) is 15.1. The minimum Gasteiger partial charge on any atom is -0.444 e. The van der Waals surface area contributed by atoms with Crippen molar-refractivity contribution in [1.29, 1.82) is 0 Å². The summed E-state index contributed by atoms with van der Waals surface area (Å²) in [5.74, 6) is 0.876. The van der Waals surface area contributed by atoms with Gasteiger partial charge in [-0.05, 0) is 52.4 Å². The van der Waals surface area contributed by atoms with Crippen LogP contribution in [0.3, 0.4) is 0 Å². The largest absolute Gasteiger partial charge is 0.444 e. The Morgan fingerprint density at radius 2 is 2.04 bits per heavy atom. The Morgan fingerprint density at radius 1 is 1.35 bits per heavy atom. The molecule has 2 aliphatic heterocycles. The molecule has 3 fully saturated rings. The van der Waals surface area contributed by atoms with Crippen LogP contribution in [-0.2, 0) is 9.47 Å². The Hall–Kier alpha value is -0.810. The summed E-state index contributed by atoms with van der Waals surface area (Å²) in [7, 11) is 0. The molecule has 0 unspecified atom stereocenters. The standard InChI is InChI=1S/C18H32N2O3/c1-5-13-10-15(13)19-14-11-18(22-12-14)6-8-20(9-7-18)16(21)23-17(2,3)4/h13-15,19H,5-12H2,1-4H3/t13-,14-,15-/m1/s1. The number of rotatable bonds is 3. The van der Waals surface area contributed by atoms with E-state index in [0.717, 1.165) is 44.9 Å². The smallest absolute Gasteiger partial charge is 0.410 e. The quantitative estimate of drug-likeness (QED) is 0.867. The third kappa shape index (κ3) is 4.18. The fourth-order valence-corrected chi connectivity index (χ4v) is 3.93. The highest BCUT2D eigenvalue weighted by Gasteiger charge is 2.46. The maximum atomic E-state index is 12.2. The molecule has 0 aromatic carbocycles. The summed E-state index contributed by atoms with van der Waals surface area (Å²) in [5, 5.41) is 3.76. The molecule has 2 heterocycles. The topological polar surface area (TPSA) is 50.8 Å². The summed E-state index contributed by atoms with van der Waals surface area (Å²) in [6.07, 6.45) is 5.35. The van der Waals surface area contributed by atoms with Gasteiger partial charge in [0.2, 0.25) is 0 Å². The molecular weight excluding hydrogens is 292 g/mol. The Morgan fingerprint density at radius 3 is 2.61 bits per heavy atom. The molecule has 1 N–H and O–H groups in total. The summed E-state index contributed by atoms with van der Waals surface area (Å²) >= 11 is 0. The molecule has 0 aromatic rings. The third-order valence-electron chi connectivity index (χ3n) is 5.43. The fraction of sp³-hybridized carbons (Fsp3) is 0.944. The number of nitrogens with one attached hydrogen (secondary N) is 1. The van der Waals surface area contributed by atoms with E-state index >= 15 is 0 Å². The van der Waals surface area contributed by atoms with E-state index in [1.165, 1.54) is 12.8 Å². The molecular formula is C18H32N2O3. The lowest BCUT2D eigenvalue weighted by atomic mass is 9.87. The lowest BCUT2D eigenvalue weighted by molar-refractivity contribution is -0.0485. The highest BCUT2D eigenvalue weighted by Crippen LogP contribution is 2.39. The van der Waals surface area contributed by atoms with Crippen LogP contribution in [0.25, 0.3) is 0 Å². The number of ether oxygens (including phenoxy) is 2. The van der Waals surface area contributed by atoms with Crippen LogP contribution in [-0.4, -0.2) is 54.0 Å². The summed E-state index contributed by atoms with van der Waals surface area (Å²) in [5.41, 5.74) is -0.446. The Bertz CT molecular complexity index is 438. The number of likely N-dealkylation sites (tertiary alicyclic amines) is 1. The summed E-state index contributed by atoms with van der Waals surface area (Å²) in [4.78, 5) is 14.0. The molecule has 5 nitrogen and oxygen atoms in total. The number of hydrogen-bond acceptors (Lipinski definition) is 4. The van der Waals surface area contributed by atoms with Crippen LogP contribution < -0.4 is 5.32 Å². The zero-order valence-corrected chi connectivity index (χ0v) is 15.1. The first-order valence-corrected chi connectivity index (χ1v) is 9.18. The Balaban J connectivity index is 1.44. The first-order chi connectivity index (χ1) is 10.8. The minimum absolute atomic E-state index is 0.0211. The van der Waals surface area contributed by atoms with E-state index in [1.54, 1.807) is 0 Å². The minimum atomic E-state index is -0.425. The highest BCUT2D eigenvalue weighted by atomic mass is 16.6. The molecule has 1 saturated carbocycles. The van der Waals surface area contributed by atoms with Crippen molar-refractivity contribution >= 4 is 6.09 Å². The predicted octanol–water partition coefficient (Wildman–Crippen LogP) is 2.93. The van der Waals surface area contributed by atoms with Gasteiger partial charge in [-0.3, -0.25) is 0 Å². The van der Waals surface area contributed by atoms with E-state index in [4.69, 9.17) is 9.47 Å². The number of hydrogen-bond donors (Lipinski definition) is 1. The van der Waals surface area contributed by atoms with Gasteiger partial charge >= 0.3 is 6.09 Å². The maximum Gasteiger partial charge on any atom is 0.410 e. The maximum absolute atomic E-state index is 12.2. The Kier molecular flexibility index (Phi) is 4.62. The van der Waals surface area contributed by atoms with Gasteiger partial charge < -0.3 is 19.7 Å². The lowest BCUT2D eigenvalue weighted by Crippen LogP contribution is -2.48. The highest BCUT2D eigenvalue weighted by molar-refractivity contribution is 5.68. The van der Waals surface area contributed by atoms with E-state index in [2.05, 4.69) is 12.2 Å². The van der Waals surface area contributed by atoms with Crippen LogP contribution in [0, 0.1) is 5.92 Å². The van der Waals surface area contributed by atoms with Gasteiger partial charge in [0.25, 0.3) is 0 Å². The van der Waals surface area contributed by atoms with E-state index in [9.17, 15) is 4.79 Å². The number of amides is 1. The van der Waals surface area contributed by atoms with Gasteiger partial charge in [0, 0.05) is 25.2 Å². The van der Waals surface area contributed by atoms with Gasteiger partial charge in [-0.1, -0.05) is 13.3 Å². The molecule has 5 heteroatoms. The van der Waals surface area contributed by atoms with Crippen molar-refractivity contribution in [2.24, 2.45) is 5.92 Å². The van der Waals surface area contributed by atoms with Gasteiger partial charge in [-0.2, -0.15) is 0 Å². The molecule has 1 amide bonds. The zero-order chi connectivity index (χ0) is 16.7. The fourth-order valence-electron chi connectivity index (χ4n) is 3.93. The van der Waals surface area contributed by atoms with Gasteiger partial charge in [-0.25, -0.2) is 4.79 Å². The van der Waals surface area contributed by atoms with Crippen molar-refractivity contribution < 1.29 is 14.3 Å². The molecule has 3 aliphatic rings. The second kappa shape index (κ2) is 6.25. The first-order valence-electron chi connectivity index (χ1n) is 9.18. The number of nitrogens with zero attached hydrogens (tertiary/aromatic N) is 1. The summed E-state index contributed by atoms with van der Waals surface area (Å²) in [6.45, 7) is 10.3. The van der Waals surface area contributed by atoms with Crippen molar-refractivity contribution in [2.75, 3.05) is 19.7 Å². The predicted molar refractivity (Wildman–Crippen MR) is 89.5 cm³/mol.